The van der Waals surface area contributed by atoms with Gasteiger partial charge >= 0.3 is 5.97 Å². The van der Waals surface area contributed by atoms with Crippen LogP contribution < -0.4 is 5.43 Å². The van der Waals surface area contributed by atoms with Gasteiger partial charge in [0, 0.05) is 10.4 Å². The van der Waals surface area contributed by atoms with Crippen molar-refractivity contribution in [3.05, 3.63) is 88.9 Å². The van der Waals surface area contributed by atoms with Gasteiger partial charge in [0.2, 0.25) is 16.1 Å². The Kier molecular flexibility index (Phi) is 8.77. The fourth-order valence-electron chi connectivity index (χ4n) is 3.57. The number of nitrogens with zero attached hydrogens (tertiary/aromatic N) is 4. The van der Waals surface area contributed by atoms with E-state index in [0.717, 1.165) is 11.1 Å². The number of thioether (sulfide) groups is 1. The number of esters is 1. The zero-order valence-corrected chi connectivity index (χ0v) is 22.3. The lowest BCUT2D eigenvalue weighted by Crippen LogP contribution is -2.17. The third kappa shape index (κ3) is 6.58. The molecule has 11 heteroatoms. The minimum Gasteiger partial charge on any atom is -0.493 e. The Labute approximate surface area is 228 Å². The monoisotopic (exact) mass is 548 g/mol. The van der Waals surface area contributed by atoms with Crippen molar-refractivity contribution in [2.75, 3.05) is 12.0 Å². The maximum atomic E-state index is 12.4. The van der Waals surface area contributed by atoms with Crippen LogP contribution in [0.2, 0.25) is 5.02 Å². The molecule has 0 radical (unpaired) electrons. The second-order valence-corrected chi connectivity index (χ2v) is 9.54. The van der Waals surface area contributed by atoms with Crippen molar-refractivity contribution in [3.63, 3.8) is 0 Å². The van der Waals surface area contributed by atoms with E-state index >= 15 is 0 Å². The Morgan fingerprint density at radius 3 is 2.58 bits per heavy atom. The molecule has 0 unspecified atom stereocenters. The van der Waals surface area contributed by atoms with Crippen molar-refractivity contribution in [2.24, 2.45) is 15.3 Å². The molecule has 0 spiro atoms. The maximum absolute atomic E-state index is 12.4. The zero-order chi connectivity index (χ0) is 27.1. The molecule has 0 aliphatic heterocycles. The van der Waals surface area contributed by atoms with Crippen LogP contribution in [0.3, 0.4) is 0 Å². The van der Waals surface area contributed by atoms with Crippen LogP contribution >= 0.6 is 23.4 Å². The van der Waals surface area contributed by atoms with E-state index in [4.69, 9.17) is 21.7 Å². The Bertz CT molecular complexity index is 1520. The van der Waals surface area contributed by atoms with Crippen LogP contribution in [0.25, 0.3) is 10.9 Å². The molecule has 38 heavy (non-hydrogen) atoms. The molecular weight excluding hydrogens is 524 g/mol. The second-order valence-electron chi connectivity index (χ2n) is 8.13. The molecule has 1 heterocycles. The van der Waals surface area contributed by atoms with Gasteiger partial charge in [-0.3, -0.25) is 10.8 Å². The van der Waals surface area contributed by atoms with E-state index in [1.54, 1.807) is 29.7 Å². The number of halogens is 1. The fourth-order valence-corrected chi connectivity index (χ4v) is 4.24. The Balaban J connectivity index is 1.59. The number of carbonyl (C=O) groups excluding carboxylic acids is 1. The summed E-state index contributed by atoms with van der Waals surface area (Å²) in [6.07, 6.45) is 0. The lowest BCUT2D eigenvalue weighted by Gasteiger charge is -2.07. The van der Waals surface area contributed by atoms with Crippen molar-refractivity contribution >= 4 is 61.8 Å². The predicted octanol–water partition coefficient (Wildman–Crippen LogP) is 7.10. The molecule has 194 valence electrons. The largest absolute Gasteiger partial charge is 0.493 e. The SMILES string of the molecule is CCOC(=O)/C(=N/Nc1ccc(C)cc1)SC(=N)N=Nc1c(O)n(Cc2ccccc2)c2ccc(Cl)cc12. The number of hydrogen-bond donors (Lipinski definition) is 3. The van der Waals surface area contributed by atoms with Gasteiger partial charge in [-0.1, -0.05) is 59.6 Å². The molecule has 4 rings (SSSR count). The van der Waals surface area contributed by atoms with Crippen LogP contribution in [0.15, 0.2) is 88.1 Å². The number of nitrogens with one attached hydrogen (secondary N) is 2. The molecule has 0 amide bonds. The zero-order valence-electron chi connectivity index (χ0n) is 20.7. The van der Waals surface area contributed by atoms with Crippen LogP contribution in [0.5, 0.6) is 5.88 Å². The number of azo groups is 1. The Hall–Kier alpha value is -4.15. The first-order chi connectivity index (χ1) is 18.4. The van der Waals surface area contributed by atoms with Crippen LogP contribution in [-0.4, -0.2) is 32.5 Å². The van der Waals surface area contributed by atoms with Crippen LogP contribution in [-0.2, 0) is 16.1 Å². The lowest BCUT2D eigenvalue weighted by molar-refractivity contribution is -0.134. The van der Waals surface area contributed by atoms with E-state index in [0.29, 0.717) is 39.9 Å². The van der Waals surface area contributed by atoms with Gasteiger partial charge in [0.25, 0.3) is 0 Å². The van der Waals surface area contributed by atoms with Gasteiger partial charge in [-0.25, -0.2) is 4.79 Å². The number of fused-ring (bicyclic) bond motifs is 1. The van der Waals surface area contributed by atoms with E-state index in [9.17, 15) is 9.90 Å². The van der Waals surface area contributed by atoms with Crippen molar-refractivity contribution in [1.82, 2.24) is 4.57 Å². The quantitative estimate of drug-likeness (QED) is 0.0779. The number of hydrogen-bond acceptors (Lipinski definition) is 8. The summed E-state index contributed by atoms with van der Waals surface area (Å²) in [6, 6.07) is 22.3. The van der Waals surface area contributed by atoms with E-state index in [-0.39, 0.29) is 28.4 Å². The highest BCUT2D eigenvalue weighted by molar-refractivity contribution is 8.27. The summed E-state index contributed by atoms with van der Waals surface area (Å²) >= 11 is 6.90. The molecule has 1 aromatic heterocycles. The highest BCUT2D eigenvalue weighted by atomic mass is 35.5. The molecule has 0 fully saturated rings. The maximum Gasteiger partial charge on any atom is 0.365 e. The van der Waals surface area contributed by atoms with Crippen LogP contribution in [0, 0.1) is 12.3 Å². The molecule has 3 aromatic carbocycles. The third-order valence-electron chi connectivity index (χ3n) is 5.38. The molecule has 0 saturated heterocycles. The molecular formula is C27H25ClN6O3S. The molecule has 0 bridgehead atoms. The van der Waals surface area contributed by atoms with E-state index < -0.39 is 5.97 Å². The smallest absolute Gasteiger partial charge is 0.365 e. The Morgan fingerprint density at radius 1 is 1.13 bits per heavy atom. The average Bonchev–Trinajstić information content (AvgIpc) is 3.16. The standard InChI is InChI=1S/C27H25ClN6O3S/c1-3-37-26(36)24(32-30-20-12-9-17(2)10-13-20)38-27(29)33-31-23-21-15-19(28)11-14-22(21)34(25(23)35)16-18-7-5-4-6-8-18/h4-15,29-30,35H,3,16H2,1-2H3/b29-27?,32-24-,33-31?. The number of hydrazone groups is 1. The van der Waals surface area contributed by atoms with E-state index in [1.165, 1.54) is 0 Å². The number of carbonyl (C=O) groups is 1. The summed E-state index contributed by atoms with van der Waals surface area (Å²) in [5, 5.41) is 32.1. The van der Waals surface area contributed by atoms with Gasteiger partial charge < -0.3 is 14.4 Å². The van der Waals surface area contributed by atoms with Crippen molar-refractivity contribution < 1.29 is 14.6 Å². The van der Waals surface area contributed by atoms with Gasteiger partial charge in [-0.05, 0) is 61.5 Å². The van der Waals surface area contributed by atoms with E-state index in [2.05, 4.69) is 20.8 Å². The second kappa shape index (κ2) is 12.4. The van der Waals surface area contributed by atoms with E-state index in [1.807, 2.05) is 61.5 Å². The van der Waals surface area contributed by atoms with Gasteiger partial charge in [-0.15, -0.1) is 10.2 Å². The molecule has 9 nitrogen and oxygen atoms in total. The third-order valence-corrected chi connectivity index (χ3v) is 6.34. The summed E-state index contributed by atoms with van der Waals surface area (Å²) in [5.74, 6) is -0.820. The molecule has 0 atom stereocenters. The van der Waals surface area contributed by atoms with Crippen molar-refractivity contribution in [3.8, 4) is 5.88 Å². The normalized spacial score (nSPS) is 11.7. The number of ether oxygens (including phenoxy) is 1. The summed E-state index contributed by atoms with van der Waals surface area (Å²) in [4.78, 5) is 12.4. The highest BCUT2D eigenvalue weighted by Gasteiger charge is 2.20. The molecule has 0 saturated carbocycles. The highest BCUT2D eigenvalue weighted by Crippen LogP contribution is 2.40. The minimum absolute atomic E-state index is 0.116. The van der Waals surface area contributed by atoms with Crippen LogP contribution in [0.4, 0.5) is 11.4 Å². The van der Waals surface area contributed by atoms with Gasteiger partial charge in [0.15, 0.2) is 5.69 Å². The van der Waals surface area contributed by atoms with Gasteiger partial charge in [0.1, 0.15) is 0 Å². The topological polar surface area (TPSA) is 124 Å². The average molecular weight is 549 g/mol. The van der Waals surface area contributed by atoms with Gasteiger partial charge in [-0.2, -0.15) is 5.10 Å². The van der Waals surface area contributed by atoms with Crippen LogP contribution in [0.1, 0.15) is 18.1 Å². The fraction of sp³-hybridized carbons (Fsp3) is 0.148. The molecule has 0 aliphatic carbocycles. The van der Waals surface area contributed by atoms with Crippen molar-refractivity contribution in [2.45, 2.75) is 20.4 Å². The summed E-state index contributed by atoms with van der Waals surface area (Å²) < 4.78 is 6.77. The number of aromatic nitrogens is 1. The first-order valence-corrected chi connectivity index (χ1v) is 12.9. The predicted molar refractivity (Wildman–Crippen MR) is 153 cm³/mol. The summed E-state index contributed by atoms with van der Waals surface area (Å²) in [5.41, 5.74) is 6.40. The number of aryl methyl sites for hydroxylation is 1. The first-order valence-electron chi connectivity index (χ1n) is 11.7. The number of benzene rings is 3. The lowest BCUT2D eigenvalue weighted by atomic mass is 10.2. The number of aromatic hydroxyl groups is 1. The molecule has 0 aliphatic rings. The minimum atomic E-state index is -0.703. The molecule has 4 aromatic rings. The summed E-state index contributed by atoms with van der Waals surface area (Å²) in [6.45, 7) is 4.19. The first kappa shape index (κ1) is 26.9. The van der Waals surface area contributed by atoms with Crippen molar-refractivity contribution in [1.29, 1.82) is 5.41 Å². The number of amidine groups is 1. The Morgan fingerprint density at radius 2 is 1.87 bits per heavy atom. The van der Waals surface area contributed by atoms with Gasteiger partial charge in [0.05, 0.1) is 24.4 Å². The number of anilines is 1. The molecule has 3 N–H and O–H groups in total. The number of rotatable bonds is 6. The summed E-state index contributed by atoms with van der Waals surface area (Å²) in [7, 11) is 0.